The Bertz CT molecular complexity index is 429. The molecule has 0 bridgehead atoms. The molecule has 2 N–H and O–H groups in total. The van der Waals surface area contributed by atoms with E-state index in [0.717, 1.165) is 24.3 Å². The van der Waals surface area contributed by atoms with Gasteiger partial charge in [-0.15, -0.1) is 0 Å². The van der Waals surface area contributed by atoms with Crippen molar-refractivity contribution in [2.75, 3.05) is 57.0 Å². The molecule has 1 heterocycles. The highest BCUT2D eigenvalue weighted by Gasteiger charge is 2.41. The number of rotatable bonds is 13. The molecule has 0 aliphatic carbocycles. The van der Waals surface area contributed by atoms with Gasteiger partial charge in [-0.2, -0.15) is 23.5 Å². The third-order valence-electron chi connectivity index (χ3n) is 4.38. The first-order valence-corrected chi connectivity index (χ1v) is 11.5. The zero-order valence-electron chi connectivity index (χ0n) is 16.6. The monoisotopic (exact) mass is 423 g/mol. The zero-order chi connectivity index (χ0) is 20.2. The van der Waals surface area contributed by atoms with Crippen molar-refractivity contribution in [3.63, 3.8) is 0 Å². The van der Waals surface area contributed by atoms with Crippen LogP contribution in [-0.4, -0.2) is 74.7 Å². The number of thioether (sulfide) groups is 2. The van der Waals surface area contributed by atoms with E-state index in [1.54, 1.807) is 23.5 Å². The number of carbonyl (C=O) groups excluding carboxylic acids is 2. The fourth-order valence-electron chi connectivity index (χ4n) is 2.56. The molecule has 1 fully saturated rings. The van der Waals surface area contributed by atoms with Gasteiger partial charge in [-0.1, -0.05) is 0 Å². The van der Waals surface area contributed by atoms with Crippen molar-refractivity contribution in [3.8, 4) is 0 Å². The lowest BCUT2D eigenvalue weighted by molar-refractivity contribution is -0.290. The highest BCUT2D eigenvalue weighted by Crippen LogP contribution is 2.37. The summed E-state index contributed by atoms with van der Waals surface area (Å²) in [6.07, 6.45) is 2.40. The van der Waals surface area contributed by atoms with Crippen molar-refractivity contribution in [3.05, 3.63) is 0 Å². The summed E-state index contributed by atoms with van der Waals surface area (Å²) in [6, 6.07) is 0. The minimum absolute atomic E-state index is 0.149. The molecule has 0 radical (unpaired) electrons. The van der Waals surface area contributed by atoms with Crippen molar-refractivity contribution in [2.24, 2.45) is 11.1 Å². The number of methoxy groups -OCH3 is 2. The molecule has 158 valence electrons. The Morgan fingerprint density at radius 3 is 1.89 bits per heavy atom. The van der Waals surface area contributed by atoms with Crippen LogP contribution >= 0.6 is 23.5 Å². The molecule has 1 aliphatic rings. The number of nitrogens with two attached hydrogens (primary N) is 1. The van der Waals surface area contributed by atoms with Gasteiger partial charge >= 0.3 is 11.9 Å². The Balaban J connectivity index is 2.53. The van der Waals surface area contributed by atoms with Gasteiger partial charge in [0, 0.05) is 34.8 Å². The van der Waals surface area contributed by atoms with Gasteiger partial charge in [0.2, 0.25) is 0 Å². The van der Waals surface area contributed by atoms with Crippen LogP contribution in [0.3, 0.4) is 0 Å². The van der Waals surface area contributed by atoms with Crippen LogP contribution in [0.5, 0.6) is 0 Å². The highest BCUT2D eigenvalue weighted by atomic mass is 32.2. The highest BCUT2D eigenvalue weighted by molar-refractivity contribution is 8.00. The number of hydrogen-bond donors (Lipinski definition) is 1. The zero-order valence-corrected chi connectivity index (χ0v) is 18.3. The van der Waals surface area contributed by atoms with E-state index in [-0.39, 0.29) is 17.4 Å². The van der Waals surface area contributed by atoms with Crippen LogP contribution in [0.2, 0.25) is 0 Å². The van der Waals surface area contributed by atoms with E-state index in [1.807, 2.05) is 6.92 Å². The summed E-state index contributed by atoms with van der Waals surface area (Å²) in [5.41, 5.74) is 5.45. The van der Waals surface area contributed by atoms with Crippen LogP contribution in [0.1, 0.15) is 32.6 Å². The Morgan fingerprint density at radius 1 is 1.00 bits per heavy atom. The van der Waals surface area contributed by atoms with Crippen molar-refractivity contribution >= 4 is 35.5 Å². The van der Waals surface area contributed by atoms with Gasteiger partial charge < -0.3 is 24.7 Å². The van der Waals surface area contributed by atoms with Gasteiger partial charge in [0.05, 0.1) is 40.3 Å². The minimum Gasteiger partial charge on any atom is -0.469 e. The average molecular weight is 424 g/mol. The van der Waals surface area contributed by atoms with Gasteiger partial charge in [0.15, 0.2) is 5.79 Å². The molecule has 1 rings (SSSR count). The minimum atomic E-state index is -0.587. The summed E-state index contributed by atoms with van der Waals surface area (Å²) in [7, 11) is 2.80. The molecular formula is C18H33NO6S2. The molecule has 0 spiro atoms. The van der Waals surface area contributed by atoms with Crippen LogP contribution in [0, 0.1) is 5.41 Å². The topological polar surface area (TPSA) is 97.1 Å². The Labute approximate surface area is 170 Å². The molecule has 0 aromatic rings. The van der Waals surface area contributed by atoms with E-state index < -0.39 is 5.79 Å². The first-order chi connectivity index (χ1) is 12.9. The van der Waals surface area contributed by atoms with Crippen LogP contribution in [0.15, 0.2) is 0 Å². The third-order valence-corrected chi connectivity index (χ3v) is 6.99. The standard InChI is InChI=1S/C18H33NO6S2/c1-17(7-4-8-19)24-11-18(12-25-17,13-26-9-5-15(20)22-2)14-27-10-6-16(21)23-3/h4-14,19H2,1-3H3. The maximum atomic E-state index is 11.3. The van der Waals surface area contributed by atoms with E-state index >= 15 is 0 Å². The molecule has 0 aromatic carbocycles. The molecule has 1 aliphatic heterocycles. The number of ether oxygens (including phenoxy) is 4. The normalized spacial score (nSPS) is 18.1. The van der Waals surface area contributed by atoms with E-state index in [9.17, 15) is 9.59 Å². The number of hydrogen-bond acceptors (Lipinski definition) is 9. The smallest absolute Gasteiger partial charge is 0.306 e. The summed E-state index contributed by atoms with van der Waals surface area (Å²) in [5, 5.41) is 0. The molecule has 1 saturated heterocycles. The molecule has 0 aromatic heterocycles. The van der Waals surface area contributed by atoms with Crippen molar-refractivity contribution in [1.29, 1.82) is 0 Å². The molecule has 9 heteroatoms. The number of esters is 2. The maximum Gasteiger partial charge on any atom is 0.306 e. The van der Waals surface area contributed by atoms with E-state index in [2.05, 4.69) is 9.47 Å². The van der Waals surface area contributed by atoms with Crippen LogP contribution in [0.4, 0.5) is 0 Å². The summed E-state index contributed by atoms with van der Waals surface area (Å²) in [6.45, 7) is 3.75. The van der Waals surface area contributed by atoms with Gasteiger partial charge in [-0.25, -0.2) is 0 Å². The van der Waals surface area contributed by atoms with E-state index in [4.69, 9.17) is 15.2 Å². The first kappa shape index (κ1) is 24.6. The number of carbonyl (C=O) groups is 2. The predicted octanol–water partition coefficient (Wildman–Crippen LogP) is 2.07. The summed E-state index contributed by atoms with van der Waals surface area (Å²) < 4.78 is 21.6. The van der Waals surface area contributed by atoms with Crippen LogP contribution in [-0.2, 0) is 28.5 Å². The van der Waals surface area contributed by atoms with Crippen molar-refractivity contribution in [1.82, 2.24) is 0 Å². The van der Waals surface area contributed by atoms with Gasteiger partial charge in [-0.05, 0) is 19.9 Å². The van der Waals surface area contributed by atoms with Crippen LogP contribution < -0.4 is 5.73 Å². The van der Waals surface area contributed by atoms with Gasteiger partial charge in [0.25, 0.3) is 0 Å². The fraction of sp³-hybridized carbons (Fsp3) is 0.889. The Morgan fingerprint density at radius 2 is 1.48 bits per heavy atom. The lowest BCUT2D eigenvalue weighted by Crippen LogP contribution is -2.50. The largest absolute Gasteiger partial charge is 0.469 e. The molecule has 0 amide bonds. The lowest BCUT2D eigenvalue weighted by Gasteiger charge is -2.45. The Hall–Kier alpha value is -0.480. The second-order valence-corrected chi connectivity index (χ2v) is 9.07. The van der Waals surface area contributed by atoms with Gasteiger partial charge in [-0.3, -0.25) is 9.59 Å². The molecule has 0 unspecified atom stereocenters. The molecule has 7 nitrogen and oxygen atoms in total. The second kappa shape index (κ2) is 12.9. The van der Waals surface area contributed by atoms with E-state index in [0.29, 0.717) is 44.1 Å². The molecular weight excluding hydrogens is 390 g/mol. The molecule has 0 saturated carbocycles. The summed E-state index contributed by atoms with van der Waals surface area (Å²) >= 11 is 3.41. The lowest BCUT2D eigenvalue weighted by atomic mass is 9.93. The van der Waals surface area contributed by atoms with Crippen LogP contribution in [0.25, 0.3) is 0 Å². The predicted molar refractivity (Wildman–Crippen MR) is 109 cm³/mol. The first-order valence-electron chi connectivity index (χ1n) is 9.16. The summed E-state index contributed by atoms with van der Waals surface area (Å²) in [5.74, 6) is 2.06. The second-order valence-electron chi connectivity index (χ2n) is 6.86. The van der Waals surface area contributed by atoms with Crippen molar-refractivity contribution < 1.29 is 28.5 Å². The average Bonchev–Trinajstić information content (AvgIpc) is 2.69. The SMILES string of the molecule is COC(=O)CCSCC1(CSCCC(=O)OC)COC(C)(CCCN)OC1. The van der Waals surface area contributed by atoms with Gasteiger partial charge in [0.1, 0.15) is 0 Å². The Kier molecular flexibility index (Phi) is 11.7. The fourth-order valence-corrected chi connectivity index (χ4v) is 5.01. The van der Waals surface area contributed by atoms with E-state index in [1.165, 1.54) is 14.2 Å². The summed E-state index contributed by atoms with van der Waals surface area (Å²) in [4.78, 5) is 22.6. The van der Waals surface area contributed by atoms with Crippen molar-refractivity contribution in [2.45, 2.75) is 38.4 Å². The molecule has 0 atom stereocenters. The third kappa shape index (κ3) is 9.51. The molecule has 27 heavy (non-hydrogen) atoms. The quantitative estimate of drug-likeness (QED) is 0.353. The maximum absolute atomic E-state index is 11.3.